The van der Waals surface area contributed by atoms with Crippen molar-refractivity contribution in [3.05, 3.63) is 47.4 Å². The average molecular weight is 485 g/mol. The Kier molecular flexibility index (Phi) is 6.22. The molecule has 1 aromatic rings. The summed E-state index contributed by atoms with van der Waals surface area (Å²) >= 11 is 0. The number of rotatable bonds is 2. The van der Waals surface area contributed by atoms with E-state index >= 15 is 0 Å². The van der Waals surface area contributed by atoms with Crippen LogP contribution in [0, 0.1) is 21.7 Å². The van der Waals surface area contributed by atoms with Crippen molar-refractivity contribution in [2.75, 3.05) is 11.1 Å². The molecule has 3 N–H and O–H groups in total. The van der Waals surface area contributed by atoms with Gasteiger partial charge in [0.1, 0.15) is 17.1 Å². The predicted octanol–water partition coefficient (Wildman–Crippen LogP) is 7.00. The van der Waals surface area contributed by atoms with E-state index in [-0.39, 0.29) is 11.3 Å². The van der Waals surface area contributed by atoms with E-state index in [2.05, 4.69) is 46.9 Å². The average Bonchev–Trinajstić information content (AvgIpc) is 2.65. The van der Waals surface area contributed by atoms with Crippen molar-refractivity contribution in [1.29, 1.82) is 0 Å². The summed E-state index contributed by atoms with van der Waals surface area (Å²) in [6.07, 6.45) is 1.97. The topological polar surface area (TPSA) is 82.8 Å². The molecule has 2 aliphatic rings. The molecule has 2 atom stereocenters. The van der Waals surface area contributed by atoms with E-state index in [4.69, 9.17) is 19.9 Å². The number of allylic oxidation sites excluding steroid dienone is 2. The number of hydrogen-bond acceptors (Lipinski definition) is 5. The van der Waals surface area contributed by atoms with Gasteiger partial charge >= 0.3 is 0 Å². The summed E-state index contributed by atoms with van der Waals surface area (Å²) < 4.78 is 20.6. The Labute approximate surface area is 211 Å². The largest absolute Gasteiger partial charge is 0.461 e. The Morgan fingerprint density at radius 1 is 0.800 bits per heavy atom. The van der Waals surface area contributed by atoms with Crippen LogP contribution in [0.1, 0.15) is 83.1 Å². The Bertz CT molecular complexity index is 1060. The molecule has 2 unspecified atom stereocenters. The van der Waals surface area contributed by atoms with Crippen molar-refractivity contribution in [1.82, 2.24) is 0 Å². The molecule has 0 aliphatic carbocycles. The first-order chi connectivity index (χ1) is 15.6. The van der Waals surface area contributed by atoms with Crippen LogP contribution in [0.5, 0.6) is 0 Å². The highest BCUT2D eigenvalue weighted by molar-refractivity contribution is 6.06. The zero-order chi connectivity index (χ0) is 26.8. The second-order valence-corrected chi connectivity index (χ2v) is 13.9. The highest BCUT2D eigenvalue weighted by atomic mass is 16.8. The highest BCUT2D eigenvalue weighted by Crippen LogP contribution is 2.60. The number of anilines is 2. The van der Waals surface area contributed by atoms with Crippen molar-refractivity contribution in [3.63, 3.8) is 0 Å². The first-order valence-corrected chi connectivity index (χ1v) is 12.4. The lowest BCUT2D eigenvalue weighted by Crippen LogP contribution is -2.67. The molecule has 6 heteroatoms. The zero-order valence-corrected chi connectivity index (χ0v) is 23.6. The number of hydrogen-bond donors (Lipinski definition) is 2. The summed E-state index contributed by atoms with van der Waals surface area (Å²) in [7, 11) is 0. The number of nitrogen functional groups attached to an aromatic ring is 1. The Hall–Kier alpha value is -2.47. The van der Waals surface area contributed by atoms with Gasteiger partial charge in [0, 0.05) is 39.1 Å². The van der Waals surface area contributed by atoms with Crippen molar-refractivity contribution in [2.24, 2.45) is 21.7 Å². The van der Waals surface area contributed by atoms with Crippen LogP contribution in [0.15, 0.2) is 47.4 Å². The molecule has 194 valence electrons. The second kappa shape index (κ2) is 8.02. The highest BCUT2D eigenvalue weighted by Gasteiger charge is 2.67. The van der Waals surface area contributed by atoms with Gasteiger partial charge in [-0.3, -0.25) is 9.53 Å². The maximum atomic E-state index is 14.1. The maximum Gasteiger partial charge on any atom is 0.261 e. The van der Waals surface area contributed by atoms with Crippen LogP contribution in [-0.2, 0) is 19.0 Å². The lowest BCUT2D eigenvalue weighted by Gasteiger charge is -2.60. The van der Waals surface area contributed by atoms with Gasteiger partial charge in [-0.1, -0.05) is 83.1 Å². The number of benzene rings is 1. The smallest absolute Gasteiger partial charge is 0.261 e. The van der Waals surface area contributed by atoms with E-state index in [1.54, 1.807) is 24.3 Å². The van der Waals surface area contributed by atoms with Gasteiger partial charge < -0.3 is 20.5 Å². The van der Waals surface area contributed by atoms with Crippen molar-refractivity contribution < 1.29 is 19.0 Å². The molecule has 0 fully saturated rings. The molecule has 0 saturated carbocycles. The third-order valence-corrected chi connectivity index (χ3v) is 6.53. The van der Waals surface area contributed by atoms with Gasteiger partial charge in [0.2, 0.25) is 5.79 Å². The molecule has 6 nitrogen and oxygen atoms in total. The van der Waals surface area contributed by atoms with Gasteiger partial charge in [0.15, 0.2) is 0 Å². The monoisotopic (exact) mass is 484 g/mol. The first-order valence-electron chi connectivity index (χ1n) is 12.4. The Balaban J connectivity index is 2.35. The fourth-order valence-corrected chi connectivity index (χ4v) is 4.24. The van der Waals surface area contributed by atoms with Crippen LogP contribution in [0.3, 0.4) is 0 Å². The van der Waals surface area contributed by atoms with Crippen LogP contribution in [0.25, 0.3) is 0 Å². The van der Waals surface area contributed by atoms with Gasteiger partial charge in [-0.05, 0) is 24.3 Å². The molecule has 2 bridgehead atoms. The summed E-state index contributed by atoms with van der Waals surface area (Å²) in [6, 6.07) is 7.07. The van der Waals surface area contributed by atoms with E-state index in [0.29, 0.717) is 22.7 Å². The fraction of sp³-hybridized carbons (Fsp3) is 0.621. The second-order valence-electron chi connectivity index (χ2n) is 13.9. The van der Waals surface area contributed by atoms with Crippen LogP contribution < -0.4 is 11.1 Å². The third kappa shape index (κ3) is 4.69. The minimum absolute atomic E-state index is 0.327. The van der Waals surface area contributed by atoms with Crippen LogP contribution in [-0.4, -0.2) is 17.5 Å². The molecule has 1 aromatic carbocycles. The van der Waals surface area contributed by atoms with Gasteiger partial charge in [-0.25, -0.2) is 0 Å². The van der Waals surface area contributed by atoms with Crippen LogP contribution >= 0.6 is 0 Å². The number of amides is 1. The van der Waals surface area contributed by atoms with E-state index in [0.717, 1.165) is 5.76 Å². The molecule has 0 saturated heterocycles. The van der Waals surface area contributed by atoms with E-state index in [9.17, 15) is 4.79 Å². The molecule has 0 aromatic heterocycles. The van der Waals surface area contributed by atoms with E-state index < -0.39 is 27.8 Å². The molecule has 3 rings (SSSR count). The molecule has 1 amide bonds. The number of nitrogens with two attached hydrogens (primary N) is 1. The number of fused-ring (bicyclic) bond motifs is 2. The normalized spacial score (nSPS) is 25.4. The third-order valence-electron chi connectivity index (χ3n) is 6.53. The SMILES string of the molecule is CC(C)(C)C1=CC2(C(C)(C)C)OC(C(C)(C)C)=C(C(=O)Nc3ccc(N)cc3)C(C(C)(C)C)(O1)O2. The van der Waals surface area contributed by atoms with Gasteiger partial charge in [0.05, 0.1) is 0 Å². The standard InChI is InChI=1S/C29H44N2O4/c1-24(2,3)20-17-28(26(7,8)9)34-22(25(4,5)6)21(29(33-20,35-28)27(10,11)12)23(32)31-19-15-13-18(30)14-16-19/h13-17H,30H2,1-12H3,(H,31,32). The number of nitrogens with one attached hydrogen (secondary N) is 1. The predicted molar refractivity (Wildman–Crippen MR) is 141 cm³/mol. The molecule has 0 radical (unpaired) electrons. The quantitative estimate of drug-likeness (QED) is 0.442. The summed E-state index contributed by atoms with van der Waals surface area (Å²) in [6.45, 7) is 24.8. The van der Waals surface area contributed by atoms with E-state index in [1.165, 1.54) is 0 Å². The van der Waals surface area contributed by atoms with Crippen LogP contribution in [0.4, 0.5) is 11.4 Å². The maximum absolute atomic E-state index is 14.1. The van der Waals surface area contributed by atoms with E-state index in [1.807, 2.05) is 47.6 Å². The molecule has 35 heavy (non-hydrogen) atoms. The number of carbonyl (C=O) groups is 1. The molecule has 0 spiro atoms. The van der Waals surface area contributed by atoms with Crippen molar-refractivity contribution >= 4 is 17.3 Å². The van der Waals surface area contributed by atoms with Crippen molar-refractivity contribution in [2.45, 2.75) is 94.7 Å². The van der Waals surface area contributed by atoms with Crippen molar-refractivity contribution in [3.8, 4) is 0 Å². The summed E-state index contributed by atoms with van der Waals surface area (Å²) in [5, 5.41) is 3.03. The fourth-order valence-electron chi connectivity index (χ4n) is 4.24. The van der Waals surface area contributed by atoms with Gasteiger partial charge in [-0.15, -0.1) is 0 Å². The Morgan fingerprint density at radius 2 is 1.34 bits per heavy atom. The van der Waals surface area contributed by atoms with Gasteiger partial charge in [-0.2, -0.15) is 0 Å². The van der Waals surface area contributed by atoms with Crippen LogP contribution in [0.2, 0.25) is 0 Å². The zero-order valence-electron chi connectivity index (χ0n) is 23.6. The molecular formula is C29H44N2O4. The lowest BCUT2D eigenvalue weighted by atomic mass is 9.71. The number of ether oxygens (including phenoxy) is 3. The Morgan fingerprint density at radius 3 is 1.77 bits per heavy atom. The number of carbonyl (C=O) groups excluding carboxylic acids is 1. The summed E-state index contributed by atoms with van der Waals surface area (Å²) in [4.78, 5) is 14.1. The summed E-state index contributed by atoms with van der Waals surface area (Å²) in [5.74, 6) is -1.55. The minimum Gasteiger partial charge on any atom is -0.461 e. The van der Waals surface area contributed by atoms with Gasteiger partial charge in [0.25, 0.3) is 11.7 Å². The molecule has 2 aliphatic heterocycles. The minimum atomic E-state index is -1.39. The molecular weight excluding hydrogens is 440 g/mol. The molecule has 2 heterocycles. The summed E-state index contributed by atoms with van der Waals surface area (Å²) in [5.41, 5.74) is 5.53. The lowest BCUT2D eigenvalue weighted by molar-refractivity contribution is -0.398. The first kappa shape index (κ1) is 27.1.